The van der Waals surface area contributed by atoms with Crippen LogP contribution in [0, 0.1) is 0 Å². The molecule has 0 radical (unpaired) electrons. The van der Waals surface area contributed by atoms with Crippen molar-refractivity contribution in [3.63, 3.8) is 0 Å². The Hall–Kier alpha value is -1.32. The first-order valence-electron chi connectivity index (χ1n) is 4.12. The highest BCUT2D eigenvalue weighted by molar-refractivity contribution is 5.83. The average molecular weight is 165 g/mol. The molecule has 12 heavy (non-hydrogen) atoms. The predicted octanol–water partition coefficient (Wildman–Crippen LogP) is 0.957. The highest BCUT2D eigenvalue weighted by atomic mass is 16.5. The van der Waals surface area contributed by atoms with Crippen LogP contribution in [0.25, 0.3) is 0 Å². The van der Waals surface area contributed by atoms with Gasteiger partial charge in [0.2, 0.25) is 0 Å². The van der Waals surface area contributed by atoms with Crippen LogP contribution in [0.5, 0.6) is 0 Å². The number of rotatable bonds is 2. The second-order valence-electron chi connectivity index (χ2n) is 2.76. The van der Waals surface area contributed by atoms with Crippen molar-refractivity contribution in [2.24, 2.45) is 4.99 Å². The summed E-state index contributed by atoms with van der Waals surface area (Å²) in [6, 6.07) is 1.85. The van der Waals surface area contributed by atoms with Crippen LogP contribution in [0.15, 0.2) is 21.8 Å². The van der Waals surface area contributed by atoms with Gasteiger partial charge in [-0.25, -0.2) is 0 Å². The van der Waals surface area contributed by atoms with Gasteiger partial charge in [0.1, 0.15) is 0 Å². The first-order valence-corrected chi connectivity index (χ1v) is 4.12. The van der Waals surface area contributed by atoms with E-state index in [0.717, 1.165) is 24.6 Å². The fourth-order valence-electron chi connectivity index (χ4n) is 1.21. The molecule has 64 valence electrons. The van der Waals surface area contributed by atoms with Gasteiger partial charge in [-0.2, -0.15) is 0 Å². The normalized spacial score (nSPS) is 16.2. The quantitative estimate of drug-likeness (QED) is 0.710. The molecule has 0 unspecified atom stereocenters. The molecule has 0 spiro atoms. The zero-order valence-electron chi connectivity index (χ0n) is 6.79. The van der Waals surface area contributed by atoms with E-state index in [4.69, 9.17) is 4.52 Å². The van der Waals surface area contributed by atoms with Crippen molar-refractivity contribution in [2.75, 3.05) is 6.54 Å². The van der Waals surface area contributed by atoms with Gasteiger partial charge in [-0.05, 0) is 6.42 Å². The minimum Gasteiger partial charge on any atom is -0.366 e. The summed E-state index contributed by atoms with van der Waals surface area (Å²) < 4.78 is 4.93. The first kappa shape index (κ1) is 7.34. The summed E-state index contributed by atoms with van der Waals surface area (Å²) in [5.41, 5.74) is 0. The predicted molar refractivity (Wildman–Crippen MR) is 44.9 cm³/mol. The Labute approximate surface area is 70.7 Å². The van der Waals surface area contributed by atoms with E-state index in [1.807, 2.05) is 6.07 Å². The van der Waals surface area contributed by atoms with Gasteiger partial charge in [0, 0.05) is 19.0 Å². The van der Waals surface area contributed by atoms with Crippen LogP contribution in [0.2, 0.25) is 0 Å². The molecule has 1 aliphatic rings. The van der Waals surface area contributed by atoms with Crippen LogP contribution in [-0.4, -0.2) is 17.5 Å². The molecule has 2 rings (SSSR count). The average Bonchev–Trinajstić information content (AvgIpc) is 2.74. The second-order valence-corrected chi connectivity index (χ2v) is 2.76. The third-order valence-electron chi connectivity index (χ3n) is 1.83. The molecule has 0 bridgehead atoms. The van der Waals surface area contributed by atoms with E-state index in [-0.39, 0.29) is 0 Å². The summed E-state index contributed by atoms with van der Waals surface area (Å²) in [5.74, 6) is 1.94. The van der Waals surface area contributed by atoms with Crippen molar-refractivity contribution in [2.45, 2.75) is 19.4 Å². The van der Waals surface area contributed by atoms with Crippen LogP contribution in [0.1, 0.15) is 18.6 Å². The minimum atomic E-state index is 0.693. The maximum atomic E-state index is 4.93. The van der Waals surface area contributed by atoms with Crippen LogP contribution < -0.4 is 5.32 Å². The molecule has 0 amide bonds. The Morgan fingerprint density at radius 2 is 2.58 bits per heavy atom. The number of hydrogen-bond donors (Lipinski definition) is 1. The lowest BCUT2D eigenvalue weighted by Crippen LogP contribution is -2.20. The molecule has 1 N–H and O–H groups in total. The standard InChI is InChI=1S/C8H11N3O/c1-2-8(9-4-1)10-6-7-3-5-11-12-7/h3,5H,1-2,4,6H2,(H,9,10). The van der Waals surface area contributed by atoms with E-state index in [1.165, 1.54) is 6.42 Å². The Kier molecular flexibility index (Phi) is 2.07. The highest BCUT2D eigenvalue weighted by Gasteiger charge is 2.05. The zero-order chi connectivity index (χ0) is 8.23. The van der Waals surface area contributed by atoms with E-state index < -0.39 is 0 Å². The van der Waals surface area contributed by atoms with Gasteiger partial charge in [-0.3, -0.25) is 4.99 Å². The topological polar surface area (TPSA) is 50.4 Å². The van der Waals surface area contributed by atoms with Gasteiger partial charge < -0.3 is 9.84 Å². The first-order chi connectivity index (χ1) is 5.95. The molecule has 4 nitrogen and oxygen atoms in total. The van der Waals surface area contributed by atoms with Crippen molar-refractivity contribution in [1.82, 2.24) is 10.5 Å². The number of aromatic nitrogens is 1. The molecule has 4 heteroatoms. The lowest BCUT2D eigenvalue weighted by atomic mass is 10.3. The molecule has 0 saturated carbocycles. The van der Waals surface area contributed by atoms with Crippen molar-refractivity contribution in [1.29, 1.82) is 0 Å². The molecule has 0 atom stereocenters. The summed E-state index contributed by atoms with van der Waals surface area (Å²) in [6.07, 6.45) is 3.88. The van der Waals surface area contributed by atoms with Gasteiger partial charge in [0.15, 0.2) is 5.76 Å². The second kappa shape index (κ2) is 3.38. The maximum Gasteiger partial charge on any atom is 0.155 e. The molecule has 1 aliphatic heterocycles. The van der Waals surface area contributed by atoms with Gasteiger partial charge in [-0.15, -0.1) is 0 Å². The molecule has 1 aromatic heterocycles. The largest absolute Gasteiger partial charge is 0.366 e. The number of nitrogens with one attached hydrogen (secondary N) is 1. The van der Waals surface area contributed by atoms with Crippen LogP contribution in [-0.2, 0) is 6.54 Å². The molecule has 0 aromatic carbocycles. The van der Waals surface area contributed by atoms with E-state index in [1.54, 1.807) is 6.20 Å². The molecule has 0 aliphatic carbocycles. The van der Waals surface area contributed by atoms with Crippen molar-refractivity contribution < 1.29 is 4.52 Å². The lowest BCUT2D eigenvalue weighted by molar-refractivity contribution is 0.380. The number of amidine groups is 1. The third kappa shape index (κ3) is 1.64. The molecule has 0 saturated heterocycles. The summed E-state index contributed by atoms with van der Waals surface area (Å²) in [6.45, 7) is 1.65. The zero-order valence-corrected chi connectivity index (χ0v) is 6.79. The SMILES string of the molecule is c1cc(CNC2=NCCC2)on1. The van der Waals surface area contributed by atoms with Gasteiger partial charge >= 0.3 is 0 Å². The highest BCUT2D eigenvalue weighted by Crippen LogP contribution is 2.02. The van der Waals surface area contributed by atoms with E-state index >= 15 is 0 Å². The summed E-state index contributed by atoms with van der Waals surface area (Å²) in [4.78, 5) is 4.28. The summed E-state index contributed by atoms with van der Waals surface area (Å²) >= 11 is 0. The lowest BCUT2D eigenvalue weighted by Gasteiger charge is -2.00. The van der Waals surface area contributed by atoms with E-state index in [2.05, 4.69) is 15.5 Å². The van der Waals surface area contributed by atoms with Crippen molar-refractivity contribution >= 4 is 5.84 Å². The Morgan fingerprint density at radius 1 is 1.58 bits per heavy atom. The minimum absolute atomic E-state index is 0.693. The Balaban J connectivity index is 1.82. The van der Waals surface area contributed by atoms with Crippen molar-refractivity contribution in [3.05, 3.63) is 18.0 Å². The van der Waals surface area contributed by atoms with Crippen LogP contribution in [0.4, 0.5) is 0 Å². The Bertz CT molecular complexity index is 266. The molecule has 2 heterocycles. The Morgan fingerprint density at radius 3 is 3.25 bits per heavy atom. The molecular formula is C8H11N3O. The molecule has 0 fully saturated rings. The third-order valence-corrected chi connectivity index (χ3v) is 1.83. The van der Waals surface area contributed by atoms with Gasteiger partial charge in [-0.1, -0.05) is 5.16 Å². The van der Waals surface area contributed by atoms with Crippen molar-refractivity contribution in [3.8, 4) is 0 Å². The number of hydrogen-bond acceptors (Lipinski definition) is 4. The molecular weight excluding hydrogens is 154 g/mol. The van der Waals surface area contributed by atoms with Crippen LogP contribution in [0.3, 0.4) is 0 Å². The smallest absolute Gasteiger partial charge is 0.155 e. The van der Waals surface area contributed by atoms with Gasteiger partial charge in [0.25, 0.3) is 0 Å². The monoisotopic (exact) mass is 165 g/mol. The maximum absolute atomic E-state index is 4.93. The number of nitrogens with zero attached hydrogens (tertiary/aromatic N) is 2. The summed E-state index contributed by atoms with van der Waals surface area (Å²) in [7, 11) is 0. The fourth-order valence-corrected chi connectivity index (χ4v) is 1.21. The summed E-state index contributed by atoms with van der Waals surface area (Å²) in [5, 5.41) is 6.81. The fraction of sp³-hybridized carbons (Fsp3) is 0.500. The van der Waals surface area contributed by atoms with Crippen LogP contribution >= 0.6 is 0 Å². The van der Waals surface area contributed by atoms with E-state index in [9.17, 15) is 0 Å². The van der Waals surface area contributed by atoms with Gasteiger partial charge in [0.05, 0.1) is 18.6 Å². The van der Waals surface area contributed by atoms with E-state index in [0.29, 0.717) is 6.54 Å². The molecule has 1 aromatic rings. The number of aliphatic imine (C=N–C) groups is 1.